The molecule has 1 aromatic carbocycles. The highest BCUT2D eigenvalue weighted by atomic mass is 16.6. The van der Waals surface area contributed by atoms with Gasteiger partial charge in [-0.1, -0.05) is 44.2 Å². The zero-order valence-electron chi connectivity index (χ0n) is 16.5. The number of carbonyl (C=O) groups is 1. The number of hydrogen-bond acceptors (Lipinski definition) is 4. The predicted octanol–water partition coefficient (Wildman–Crippen LogP) is 3.07. The fraction of sp³-hybridized carbons (Fsp3) is 0.650. The molecule has 0 spiro atoms. The fourth-order valence-electron chi connectivity index (χ4n) is 2.75. The molecule has 5 nitrogen and oxygen atoms in total. The third kappa shape index (κ3) is 9.46. The third-order valence-corrected chi connectivity index (χ3v) is 3.64. The van der Waals surface area contributed by atoms with Gasteiger partial charge in [0.15, 0.2) is 0 Å². The van der Waals surface area contributed by atoms with Crippen molar-refractivity contribution in [2.45, 2.75) is 58.8 Å². The first-order valence-corrected chi connectivity index (χ1v) is 8.97. The molecule has 1 amide bonds. The van der Waals surface area contributed by atoms with Gasteiger partial charge in [-0.15, -0.1) is 0 Å². The lowest BCUT2D eigenvalue weighted by atomic mass is 10.0. The van der Waals surface area contributed by atoms with Gasteiger partial charge in [0.25, 0.3) is 0 Å². The summed E-state index contributed by atoms with van der Waals surface area (Å²) >= 11 is 0. The molecule has 1 aromatic rings. The van der Waals surface area contributed by atoms with Gasteiger partial charge in [-0.2, -0.15) is 0 Å². The lowest BCUT2D eigenvalue weighted by Crippen LogP contribution is -2.50. The van der Waals surface area contributed by atoms with Crippen molar-refractivity contribution in [1.82, 2.24) is 10.2 Å². The van der Waals surface area contributed by atoms with Crippen molar-refractivity contribution in [3.8, 4) is 0 Å². The SMILES string of the molecule is CC(C)CN(C)C[C@@H](O)[C@H](Cc1ccccc1)NC(=O)OC(C)(C)C. The minimum atomic E-state index is -0.684. The number of rotatable bonds is 8. The van der Waals surface area contributed by atoms with Crippen molar-refractivity contribution in [1.29, 1.82) is 0 Å². The number of benzene rings is 1. The number of carbonyl (C=O) groups excluding carboxylic acids is 1. The molecule has 0 aliphatic rings. The van der Waals surface area contributed by atoms with Gasteiger partial charge >= 0.3 is 6.09 Å². The van der Waals surface area contributed by atoms with E-state index in [-0.39, 0.29) is 0 Å². The minimum absolute atomic E-state index is 0.410. The Hall–Kier alpha value is -1.59. The number of aliphatic hydroxyl groups excluding tert-OH is 1. The van der Waals surface area contributed by atoms with Crippen LogP contribution in [0.1, 0.15) is 40.2 Å². The van der Waals surface area contributed by atoms with Crippen molar-refractivity contribution in [3.63, 3.8) is 0 Å². The molecule has 0 saturated heterocycles. The number of nitrogens with zero attached hydrogens (tertiary/aromatic N) is 1. The van der Waals surface area contributed by atoms with Crippen LogP contribution in [0.15, 0.2) is 30.3 Å². The zero-order valence-corrected chi connectivity index (χ0v) is 16.5. The van der Waals surface area contributed by atoms with Gasteiger partial charge in [0.1, 0.15) is 5.60 Å². The Kier molecular flexibility index (Phi) is 8.39. The number of hydrogen-bond donors (Lipinski definition) is 2. The van der Waals surface area contributed by atoms with E-state index < -0.39 is 23.8 Å². The van der Waals surface area contributed by atoms with Crippen molar-refractivity contribution < 1.29 is 14.6 Å². The summed E-state index contributed by atoms with van der Waals surface area (Å²) in [7, 11) is 1.98. The van der Waals surface area contributed by atoms with Crippen LogP contribution in [0.25, 0.3) is 0 Å². The molecule has 2 atom stereocenters. The highest BCUT2D eigenvalue weighted by Gasteiger charge is 2.26. The molecule has 0 heterocycles. The van der Waals surface area contributed by atoms with Crippen molar-refractivity contribution in [3.05, 3.63) is 35.9 Å². The summed E-state index contributed by atoms with van der Waals surface area (Å²) in [6, 6.07) is 9.44. The van der Waals surface area contributed by atoms with Crippen molar-refractivity contribution in [2.24, 2.45) is 5.92 Å². The van der Waals surface area contributed by atoms with E-state index in [2.05, 4.69) is 24.1 Å². The van der Waals surface area contributed by atoms with Gasteiger partial charge in [0, 0.05) is 13.1 Å². The third-order valence-electron chi connectivity index (χ3n) is 3.64. The first-order chi connectivity index (χ1) is 11.6. The maximum absolute atomic E-state index is 12.2. The van der Waals surface area contributed by atoms with Crippen molar-refractivity contribution in [2.75, 3.05) is 20.1 Å². The van der Waals surface area contributed by atoms with Crippen LogP contribution in [-0.4, -0.2) is 54.0 Å². The Balaban J connectivity index is 2.77. The zero-order chi connectivity index (χ0) is 19.0. The van der Waals surface area contributed by atoms with E-state index in [1.165, 1.54) is 0 Å². The molecule has 0 radical (unpaired) electrons. The Morgan fingerprint density at radius 1 is 1.20 bits per heavy atom. The van der Waals surface area contributed by atoms with Gasteiger partial charge in [-0.3, -0.25) is 0 Å². The highest BCUT2D eigenvalue weighted by molar-refractivity contribution is 5.68. The van der Waals surface area contributed by atoms with Crippen LogP contribution in [0.3, 0.4) is 0 Å². The molecule has 25 heavy (non-hydrogen) atoms. The summed E-state index contributed by atoms with van der Waals surface area (Å²) in [4.78, 5) is 14.3. The first-order valence-electron chi connectivity index (χ1n) is 8.97. The highest BCUT2D eigenvalue weighted by Crippen LogP contribution is 2.11. The van der Waals surface area contributed by atoms with E-state index in [0.29, 0.717) is 18.9 Å². The molecule has 0 aliphatic carbocycles. The average Bonchev–Trinajstić information content (AvgIpc) is 2.44. The molecule has 0 bridgehead atoms. The summed E-state index contributed by atoms with van der Waals surface area (Å²) in [6.45, 7) is 11.1. The lowest BCUT2D eigenvalue weighted by Gasteiger charge is -2.30. The average molecular weight is 351 g/mol. The topological polar surface area (TPSA) is 61.8 Å². The maximum atomic E-state index is 12.2. The van der Waals surface area contributed by atoms with E-state index in [4.69, 9.17) is 4.74 Å². The standard InChI is InChI=1S/C20H34N2O3/c1-15(2)13-22(6)14-18(23)17(12-16-10-8-7-9-11-16)21-19(24)25-20(3,4)5/h7-11,15,17-18,23H,12-14H2,1-6H3,(H,21,24)/t17-,18+/m0/s1. The van der Waals surface area contributed by atoms with Crippen LogP contribution in [0.5, 0.6) is 0 Å². The Labute approximate surface area is 152 Å². The number of nitrogens with one attached hydrogen (secondary N) is 1. The van der Waals surface area contributed by atoms with Gasteiger partial charge in [-0.05, 0) is 45.7 Å². The van der Waals surface area contributed by atoms with Crippen LogP contribution in [0.2, 0.25) is 0 Å². The molecule has 142 valence electrons. The molecule has 5 heteroatoms. The smallest absolute Gasteiger partial charge is 0.407 e. The Morgan fingerprint density at radius 3 is 2.32 bits per heavy atom. The quantitative estimate of drug-likeness (QED) is 0.756. The van der Waals surface area contributed by atoms with Crippen LogP contribution >= 0.6 is 0 Å². The van der Waals surface area contributed by atoms with E-state index in [0.717, 1.165) is 12.1 Å². The summed E-state index contributed by atoms with van der Waals surface area (Å²) in [5.41, 5.74) is 0.495. The van der Waals surface area contributed by atoms with E-state index in [1.54, 1.807) is 0 Å². The molecule has 0 aromatic heterocycles. The van der Waals surface area contributed by atoms with Gasteiger partial charge in [0.05, 0.1) is 12.1 Å². The summed E-state index contributed by atoms with van der Waals surface area (Å²) in [5.74, 6) is 0.517. The van der Waals surface area contributed by atoms with Crippen LogP contribution in [-0.2, 0) is 11.2 Å². The normalized spacial score (nSPS) is 14.4. The van der Waals surface area contributed by atoms with Crippen LogP contribution in [0, 0.1) is 5.92 Å². The molecule has 0 unspecified atom stereocenters. The first kappa shape index (κ1) is 21.5. The maximum Gasteiger partial charge on any atom is 0.407 e. The van der Waals surface area contributed by atoms with Gasteiger partial charge < -0.3 is 20.1 Å². The molecule has 0 saturated carbocycles. The summed E-state index contributed by atoms with van der Waals surface area (Å²) in [5, 5.41) is 13.5. The predicted molar refractivity (Wildman–Crippen MR) is 102 cm³/mol. The minimum Gasteiger partial charge on any atom is -0.444 e. The second kappa shape index (κ2) is 9.78. The van der Waals surface area contributed by atoms with Gasteiger partial charge in [0.2, 0.25) is 0 Å². The molecule has 0 aliphatic heterocycles. The van der Waals surface area contributed by atoms with E-state index >= 15 is 0 Å². The van der Waals surface area contributed by atoms with Crippen molar-refractivity contribution >= 4 is 6.09 Å². The molecular weight excluding hydrogens is 316 g/mol. The number of amides is 1. The Morgan fingerprint density at radius 2 is 1.80 bits per heavy atom. The second-order valence-corrected chi connectivity index (χ2v) is 8.12. The second-order valence-electron chi connectivity index (χ2n) is 8.12. The lowest BCUT2D eigenvalue weighted by molar-refractivity contribution is 0.0375. The van der Waals surface area contributed by atoms with E-state index in [1.807, 2.05) is 58.2 Å². The van der Waals surface area contributed by atoms with E-state index in [9.17, 15) is 9.90 Å². The number of likely N-dealkylation sites (N-methyl/N-ethyl adjacent to an activating group) is 1. The number of ether oxygens (including phenoxy) is 1. The Bertz CT molecular complexity index is 511. The fourth-order valence-corrected chi connectivity index (χ4v) is 2.75. The molecular formula is C20H34N2O3. The van der Waals surface area contributed by atoms with Crippen LogP contribution < -0.4 is 5.32 Å². The number of alkyl carbamates (subject to hydrolysis) is 1. The molecule has 0 fully saturated rings. The van der Waals surface area contributed by atoms with Gasteiger partial charge in [-0.25, -0.2) is 4.79 Å². The largest absolute Gasteiger partial charge is 0.444 e. The van der Waals surface area contributed by atoms with Crippen LogP contribution in [0.4, 0.5) is 4.79 Å². The monoisotopic (exact) mass is 350 g/mol. The molecule has 2 N–H and O–H groups in total. The summed E-state index contributed by atoms with van der Waals surface area (Å²) in [6.07, 6.45) is -0.632. The molecule has 1 rings (SSSR count). The number of aliphatic hydroxyl groups is 1. The summed E-state index contributed by atoms with van der Waals surface area (Å²) < 4.78 is 5.35.